The van der Waals surface area contributed by atoms with Crippen LogP contribution in [-0.4, -0.2) is 31.2 Å². The second-order valence-electron chi connectivity index (χ2n) is 6.05. The van der Waals surface area contributed by atoms with Gasteiger partial charge in [-0.3, -0.25) is 9.48 Å². The normalized spacial score (nSPS) is 11.3. The first-order chi connectivity index (χ1) is 12.9. The summed E-state index contributed by atoms with van der Waals surface area (Å²) in [6.07, 6.45) is 3.15. The Morgan fingerprint density at radius 2 is 1.89 bits per heavy atom. The van der Waals surface area contributed by atoms with Gasteiger partial charge < -0.3 is 5.32 Å². The van der Waals surface area contributed by atoms with Gasteiger partial charge in [0.2, 0.25) is 10.0 Å². The first-order valence-corrected chi connectivity index (χ1v) is 9.79. The number of benzene rings is 2. The molecule has 0 fully saturated rings. The summed E-state index contributed by atoms with van der Waals surface area (Å²) in [5.74, 6) is -0.351. The Morgan fingerprint density at radius 3 is 2.59 bits per heavy atom. The average Bonchev–Trinajstić information content (AvgIpc) is 3.13. The number of hydrogen-bond acceptors (Lipinski definition) is 4. The molecule has 27 heavy (non-hydrogen) atoms. The molecule has 0 bridgehead atoms. The fourth-order valence-corrected chi connectivity index (χ4v) is 3.31. The molecule has 7 nitrogen and oxygen atoms in total. The lowest BCUT2D eigenvalue weighted by atomic mass is 10.2. The van der Waals surface area contributed by atoms with Crippen molar-refractivity contribution in [2.24, 2.45) is 0 Å². The van der Waals surface area contributed by atoms with Gasteiger partial charge in [-0.05, 0) is 37.2 Å². The average molecular weight is 384 g/mol. The molecular formula is C19H20N4O3S. The van der Waals surface area contributed by atoms with Crippen LogP contribution in [0.25, 0.3) is 0 Å². The highest BCUT2D eigenvalue weighted by atomic mass is 32.2. The summed E-state index contributed by atoms with van der Waals surface area (Å²) in [5, 5.41) is 6.97. The fraction of sp³-hybridized carbons (Fsp3) is 0.158. The maximum atomic E-state index is 12.5. The van der Waals surface area contributed by atoms with Gasteiger partial charge in [-0.2, -0.15) is 5.10 Å². The van der Waals surface area contributed by atoms with Crippen molar-refractivity contribution >= 4 is 21.6 Å². The number of nitrogens with one attached hydrogen (secondary N) is 2. The van der Waals surface area contributed by atoms with Crippen molar-refractivity contribution in [2.75, 3.05) is 12.4 Å². The molecule has 3 rings (SSSR count). The zero-order valence-corrected chi connectivity index (χ0v) is 15.8. The molecule has 1 heterocycles. The van der Waals surface area contributed by atoms with Crippen LogP contribution in [0.4, 0.5) is 5.69 Å². The summed E-state index contributed by atoms with van der Waals surface area (Å²) in [4.78, 5) is 12.6. The van der Waals surface area contributed by atoms with E-state index < -0.39 is 10.0 Å². The summed E-state index contributed by atoms with van der Waals surface area (Å²) in [7, 11) is -2.24. The van der Waals surface area contributed by atoms with E-state index in [0.29, 0.717) is 17.8 Å². The van der Waals surface area contributed by atoms with E-state index >= 15 is 0 Å². The van der Waals surface area contributed by atoms with Crippen LogP contribution in [0.5, 0.6) is 0 Å². The lowest BCUT2D eigenvalue weighted by Crippen LogP contribution is -2.19. The van der Waals surface area contributed by atoms with E-state index in [0.717, 1.165) is 11.1 Å². The number of carbonyl (C=O) groups is 1. The summed E-state index contributed by atoms with van der Waals surface area (Å²) in [6.45, 7) is 2.35. The van der Waals surface area contributed by atoms with Crippen LogP contribution >= 0.6 is 0 Å². The molecule has 0 saturated carbocycles. The van der Waals surface area contributed by atoms with Crippen LogP contribution in [-0.2, 0) is 16.6 Å². The molecule has 8 heteroatoms. The lowest BCUT2D eigenvalue weighted by molar-refractivity contribution is 0.102. The predicted molar refractivity (Wildman–Crippen MR) is 103 cm³/mol. The highest BCUT2D eigenvalue weighted by molar-refractivity contribution is 7.89. The molecule has 0 radical (unpaired) electrons. The Labute approximate surface area is 158 Å². The van der Waals surface area contributed by atoms with Crippen LogP contribution in [0.3, 0.4) is 0 Å². The molecule has 0 aliphatic rings. The Kier molecular flexibility index (Phi) is 5.38. The Hall–Kier alpha value is -2.97. The van der Waals surface area contributed by atoms with E-state index in [9.17, 15) is 13.2 Å². The van der Waals surface area contributed by atoms with Gasteiger partial charge in [0.25, 0.3) is 5.91 Å². The molecule has 0 aliphatic heterocycles. The third-order valence-corrected chi connectivity index (χ3v) is 5.53. The fourth-order valence-electron chi connectivity index (χ4n) is 2.55. The largest absolute Gasteiger partial charge is 0.322 e. The van der Waals surface area contributed by atoms with Crippen LogP contribution in [0.15, 0.2) is 65.8 Å². The van der Waals surface area contributed by atoms with Gasteiger partial charge in [0, 0.05) is 11.9 Å². The molecule has 0 saturated heterocycles. The molecule has 140 valence electrons. The molecule has 0 unspecified atom stereocenters. The number of amides is 1. The van der Waals surface area contributed by atoms with Gasteiger partial charge in [0.05, 0.1) is 23.2 Å². The van der Waals surface area contributed by atoms with Gasteiger partial charge in [-0.1, -0.05) is 36.4 Å². The van der Waals surface area contributed by atoms with E-state index in [4.69, 9.17) is 0 Å². The van der Waals surface area contributed by atoms with Crippen molar-refractivity contribution in [3.63, 3.8) is 0 Å². The summed E-state index contributed by atoms with van der Waals surface area (Å²) in [5.41, 5.74) is 2.67. The minimum Gasteiger partial charge on any atom is -0.322 e. The third-order valence-electron chi connectivity index (χ3n) is 4.12. The summed E-state index contributed by atoms with van der Waals surface area (Å²) < 4.78 is 27.9. The minimum atomic E-state index is -3.59. The van der Waals surface area contributed by atoms with Crippen LogP contribution in [0.2, 0.25) is 0 Å². The first-order valence-electron chi connectivity index (χ1n) is 8.31. The molecule has 3 aromatic rings. The topological polar surface area (TPSA) is 93.1 Å². The monoisotopic (exact) mass is 384 g/mol. The number of aromatic nitrogens is 2. The predicted octanol–water partition coefficient (Wildman–Crippen LogP) is 2.40. The van der Waals surface area contributed by atoms with Crippen LogP contribution in [0.1, 0.15) is 21.5 Å². The number of anilines is 1. The molecule has 0 atom stereocenters. The van der Waals surface area contributed by atoms with Crippen molar-refractivity contribution in [1.29, 1.82) is 0 Å². The maximum Gasteiger partial charge on any atom is 0.258 e. The standard InChI is InChI=1S/C19H20N4O3S/c1-14-8-9-17(27(25,26)20-2)10-18(14)22-19(24)16-11-21-23(13-16)12-15-6-4-3-5-7-15/h3-11,13,20H,12H2,1-2H3,(H,22,24). The molecule has 2 aromatic carbocycles. The van der Waals surface area contributed by atoms with E-state index in [1.807, 2.05) is 30.3 Å². The zero-order chi connectivity index (χ0) is 19.4. The van der Waals surface area contributed by atoms with Crippen molar-refractivity contribution in [3.8, 4) is 0 Å². The Bertz CT molecular complexity index is 1060. The molecule has 1 aromatic heterocycles. The maximum absolute atomic E-state index is 12.5. The summed E-state index contributed by atoms with van der Waals surface area (Å²) in [6, 6.07) is 14.4. The molecule has 0 aliphatic carbocycles. The van der Waals surface area contributed by atoms with E-state index in [1.165, 1.54) is 25.4 Å². The quantitative estimate of drug-likeness (QED) is 0.682. The lowest BCUT2D eigenvalue weighted by Gasteiger charge is -2.10. The third kappa shape index (κ3) is 4.42. The molecular weight excluding hydrogens is 364 g/mol. The van der Waals surface area contributed by atoms with Gasteiger partial charge in [-0.25, -0.2) is 13.1 Å². The number of sulfonamides is 1. The van der Waals surface area contributed by atoms with Gasteiger partial charge >= 0.3 is 0 Å². The van der Waals surface area contributed by atoms with Crippen molar-refractivity contribution in [3.05, 3.63) is 77.6 Å². The highest BCUT2D eigenvalue weighted by Gasteiger charge is 2.15. The number of nitrogens with zero attached hydrogens (tertiary/aromatic N) is 2. The number of hydrogen-bond donors (Lipinski definition) is 2. The van der Waals surface area contributed by atoms with Crippen LogP contribution in [0, 0.1) is 6.92 Å². The Morgan fingerprint density at radius 1 is 1.15 bits per heavy atom. The molecule has 1 amide bonds. The smallest absolute Gasteiger partial charge is 0.258 e. The van der Waals surface area contributed by atoms with Crippen LogP contribution < -0.4 is 10.0 Å². The van der Waals surface area contributed by atoms with E-state index in [-0.39, 0.29) is 10.8 Å². The van der Waals surface area contributed by atoms with Gasteiger partial charge in [0.1, 0.15) is 0 Å². The number of rotatable bonds is 6. The molecule has 2 N–H and O–H groups in total. The molecule has 0 spiro atoms. The first kappa shape index (κ1) is 18.8. The Balaban J connectivity index is 1.77. The second kappa shape index (κ2) is 7.73. The van der Waals surface area contributed by atoms with Gasteiger partial charge in [-0.15, -0.1) is 0 Å². The van der Waals surface area contributed by atoms with Crippen molar-refractivity contribution in [1.82, 2.24) is 14.5 Å². The highest BCUT2D eigenvalue weighted by Crippen LogP contribution is 2.21. The van der Waals surface area contributed by atoms with E-state index in [2.05, 4.69) is 15.1 Å². The second-order valence-corrected chi connectivity index (χ2v) is 7.94. The van der Waals surface area contributed by atoms with Crippen molar-refractivity contribution < 1.29 is 13.2 Å². The van der Waals surface area contributed by atoms with E-state index in [1.54, 1.807) is 23.9 Å². The minimum absolute atomic E-state index is 0.0886. The zero-order valence-electron chi connectivity index (χ0n) is 15.0. The van der Waals surface area contributed by atoms with Gasteiger partial charge in [0.15, 0.2) is 0 Å². The SMILES string of the molecule is CNS(=O)(=O)c1ccc(C)c(NC(=O)c2cnn(Cc3ccccc3)c2)c1. The summed E-state index contributed by atoms with van der Waals surface area (Å²) >= 11 is 0. The number of carbonyl (C=O) groups excluding carboxylic acids is 1. The van der Waals surface area contributed by atoms with Crippen molar-refractivity contribution in [2.45, 2.75) is 18.4 Å². The number of aryl methyl sites for hydroxylation is 1.